The van der Waals surface area contributed by atoms with Crippen molar-refractivity contribution in [1.29, 1.82) is 0 Å². The molecule has 0 saturated heterocycles. The Kier molecular flexibility index (Phi) is 3.82. The molecule has 0 aliphatic heterocycles. The van der Waals surface area contributed by atoms with Gasteiger partial charge in [0.15, 0.2) is 5.69 Å². The number of benzene rings is 1. The molecule has 0 bridgehead atoms. The van der Waals surface area contributed by atoms with E-state index in [1.165, 1.54) is 35.9 Å². The van der Waals surface area contributed by atoms with E-state index in [0.29, 0.717) is 5.56 Å². The van der Waals surface area contributed by atoms with E-state index in [1.807, 2.05) is 0 Å². The van der Waals surface area contributed by atoms with E-state index in [-0.39, 0.29) is 23.0 Å². The average molecular weight is 312 g/mol. The van der Waals surface area contributed by atoms with E-state index in [1.54, 1.807) is 0 Å². The van der Waals surface area contributed by atoms with Crippen LogP contribution < -0.4 is 0 Å². The number of carbonyl (C=O) groups is 1. The fourth-order valence-electron chi connectivity index (χ4n) is 2.01. The average Bonchev–Trinajstić information content (AvgIpc) is 2.70. The zero-order valence-corrected chi connectivity index (χ0v) is 12.2. The van der Waals surface area contributed by atoms with Crippen LogP contribution in [0.15, 0.2) is 29.4 Å². The molecule has 112 valence electrons. The van der Waals surface area contributed by atoms with Crippen LogP contribution in [-0.2, 0) is 23.3 Å². The number of aromatic carboxylic acids is 1. The highest BCUT2D eigenvalue weighted by Crippen LogP contribution is 2.19. The van der Waals surface area contributed by atoms with Gasteiger partial charge in [0.25, 0.3) is 0 Å². The number of carboxylic acids is 1. The molecule has 0 unspecified atom stereocenters. The van der Waals surface area contributed by atoms with E-state index >= 15 is 0 Å². The van der Waals surface area contributed by atoms with E-state index in [0.717, 1.165) is 6.26 Å². The number of nitrogens with zero attached hydrogens (tertiary/aromatic N) is 2. The Morgan fingerprint density at radius 1 is 1.33 bits per heavy atom. The zero-order valence-electron chi connectivity index (χ0n) is 11.4. The molecule has 1 aromatic carbocycles. The van der Waals surface area contributed by atoms with E-state index in [9.17, 15) is 17.6 Å². The smallest absolute Gasteiger partial charge is 0.356 e. The van der Waals surface area contributed by atoms with E-state index in [2.05, 4.69) is 4.98 Å². The Morgan fingerprint density at radius 3 is 2.38 bits per heavy atom. The second kappa shape index (κ2) is 5.28. The number of aromatic nitrogens is 2. The van der Waals surface area contributed by atoms with Gasteiger partial charge in [0.05, 0.1) is 5.69 Å². The molecule has 0 spiro atoms. The van der Waals surface area contributed by atoms with Crippen molar-refractivity contribution in [3.8, 4) is 0 Å². The Labute approximate surface area is 120 Å². The molecule has 0 aliphatic carbocycles. The fourth-order valence-corrected chi connectivity index (χ4v) is 2.88. The van der Waals surface area contributed by atoms with Gasteiger partial charge in [0, 0.05) is 19.7 Å². The summed E-state index contributed by atoms with van der Waals surface area (Å²) in [5.41, 5.74) is 0.582. The van der Waals surface area contributed by atoms with Crippen molar-refractivity contribution in [2.24, 2.45) is 7.05 Å². The molecule has 1 heterocycles. The maximum atomic E-state index is 12.9. The first-order valence-corrected chi connectivity index (χ1v) is 7.82. The maximum absolute atomic E-state index is 12.9. The number of hydrogen-bond acceptors (Lipinski definition) is 4. The van der Waals surface area contributed by atoms with Gasteiger partial charge in [0.1, 0.15) is 5.82 Å². The van der Waals surface area contributed by atoms with E-state index in [4.69, 9.17) is 5.11 Å². The molecule has 0 fully saturated rings. The molecule has 0 atom stereocenters. The van der Waals surface area contributed by atoms with Crippen LogP contribution in [-0.4, -0.2) is 35.3 Å². The predicted octanol–water partition coefficient (Wildman–Crippen LogP) is 1.25. The molecule has 21 heavy (non-hydrogen) atoms. The summed E-state index contributed by atoms with van der Waals surface area (Å²) in [4.78, 5) is 14.9. The lowest BCUT2D eigenvalue weighted by Crippen LogP contribution is -2.08. The molecule has 1 aromatic heterocycles. The molecule has 0 aliphatic rings. The van der Waals surface area contributed by atoms with Crippen LogP contribution in [0.25, 0.3) is 0 Å². The third kappa shape index (κ3) is 3.10. The first-order valence-electron chi connectivity index (χ1n) is 5.93. The van der Waals surface area contributed by atoms with Crippen molar-refractivity contribution in [3.05, 3.63) is 47.0 Å². The van der Waals surface area contributed by atoms with Gasteiger partial charge in [-0.1, -0.05) is 12.1 Å². The molecule has 8 heteroatoms. The Balaban J connectivity index is 2.54. The highest BCUT2D eigenvalue weighted by molar-refractivity contribution is 7.90. The Bertz CT molecular complexity index is 794. The van der Waals surface area contributed by atoms with Crippen LogP contribution >= 0.6 is 0 Å². The first-order chi connectivity index (χ1) is 9.70. The largest absolute Gasteiger partial charge is 0.476 e. The van der Waals surface area contributed by atoms with Crippen LogP contribution in [0.2, 0.25) is 0 Å². The molecule has 6 nitrogen and oxygen atoms in total. The number of hydrogen-bond donors (Lipinski definition) is 1. The minimum Gasteiger partial charge on any atom is -0.476 e. The van der Waals surface area contributed by atoms with Gasteiger partial charge in [0.2, 0.25) is 15.0 Å². The van der Waals surface area contributed by atoms with Crippen molar-refractivity contribution in [2.75, 3.05) is 6.26 Å². The molecular formula is C13H13FN2O4S. The number of halogens is 1. The molecule has 2 aromatic rings. The van der Waals surface area contributed by atoms with Crippen molar-refractivity contribution in [2.45, 2.75) is 11.6 Å². The summed E-state index contributed by atoms with van der Waals surface area (Å²) in [5, 5.41) is 8.85. The lowest BCUT2D eigenvalue weighted by molar-refractivity contribution is 0.0689. The van der Waals surface area contributed by atoms with Crippen molar-refractivity contribution in [1.82, 2.24) is 9.55 Å². The number of sulfone groups is 1. The van der Waals surface area contributed by atoms with Gasteiger partial charge in [-0.15, -0.1) is 0 Å². The van der Waals surface area contributed by atoms with Crippen LogP contribution in [0.5, 0.6) is 0 Å². The normalized spacial score (nSPS) is 11.6. The third-order valence-electron chi connectivity index (χ3n) is 2.99. The topological polar surface area (TPSA) is 89.3 Å². The molecule has 0 radical (unpaired) electrons. The molecule has 0 amide bonds. The minimum absolute atomic E-state index is 0.140. The van der Waals surface area contributed by atoms with Crippen LogP contribution in [0.1, 0.15) is 21.7 Å². The van der Waals surface area contributed by atoms with E-state index < -0.39 is 21.6 Å². The quantitative estimate of drug-likeness (QED) is 0.918. The third-order valence-corrected chi connectivity index (χ3v) is 4.02. The number of carboxylic acid groups (broad SMARTS) is 1. The molecule has 0 saturated carbocycles. The van der Waals surface area contributed by atoms with Crippen LogP contribution in [0, 0.1) is 5.82 Å². The predicted molar refractivity (Wildman–Crippen MR) is 72.5 cm³/mol. The summed E-state index contributed by atoms with van der Waals surface area (Å²) in [5.74, 6) is -1.71. The van der Waals surface area contributed by atoms with Gasteiger partial charge in [-0.05, 0) is 17.7 Å². The van der Waals surface area contributed by atoms with Crippen molar-refractivity contribution < 1.29 is 22.7 Å². The lowest BCUT2D eigenvalue weighted by Gasteiger charge is -2.06. The van der Waals surface area contributed by atoms with Gasteiger partial charge < -0.3 is 9.67 Å². The van der Waals surface area contributed by atoms with Crippen LogP contribution in [0.3, 0.4) is 0 Å². The van der Waals surface area contributed by atoms with Gasteiger partial charge >= 0.3 is 5.97 Å². The van der Waals surface area contributed by atoms with Gasteiger partial charge in [-0.25, -0.2) is 22.6 Å². The summed E-state index contributed by atoms with van der Waals surface area (Å²) in [6.07, 6.45) is 1.10. The highest BCUT2D eigenvalue weighted by Gasteiger charge is 2.25. The van der Waals surface area contributed by atoms with Gasteiger partial charge in [-0.3, -0.25) is 0 Å². The number of rotatable bonds is 4. The van der Waals surface area contributed by atoms with Gasteiger partial charge in [-0.2, -0.15) is 0 Å². The molecule has 2 rings (SSSR count). The summed E-state index contributed by atoms with van der Waals surface area (Å²) in [6.45, 7) is 0. The second-order valence-corrected chi connectivity index (χ2v) is 6.54. The number of imidazole rings is 1. The van der Waals surface area contributed by atoms with Crippen LogP contribution in [0.4, 0.5) is 4.39 Å². The summed E-state index contributed by atoms with van der Waals surface area (Å²) >= 11 is 0. The minimum atomic E-state index is -3.64. The monoisotopic (exact) mass is 312 g/mol. The molecule has 1 N–H and O–H groups in total. The SMILES string of the molecule is Cn1c(S(C)(=O)=O)nc(C(=O)O)c1Cc1ccc(F)cc1. The highest BCUT2D eigenvalue weighted by atomic mass is 32.2. The molecular weight excluding hydrogens is 299 g/mol. The maximum Gasteiger partial charge on any atom is 0.356 e. The summed E-state index contributed by atoms with van der Waals surface area (Å²) in [6, 6.07) is 5.52. The standard InChI is InChI=1S/C13H13FN2O4S/c1-16-10(7-8-3-5-9(14)6-4-8)11(12(17)18)15-13(16)21(2,19)20/h3-6H,7H2,1-2H3,(H,17,18). The zero-order chi connectivity index (χ0) is 15.8. The second-order valence-electron chi connectivity index (χ2n) is 4.63. The Hall–Kier alpha value is -2.22. The Morgan fingerprint density at radius 2 is 1.90 bits per heavy atom. The van der Waals surface area contributed by atoms with Crippen molar-refractivity contribution >= 4 is 15.8 Å². The summed E-state index contributed by atoms with van der Waals surface area (Å²) < 4.78 is 37.3. The summed E-state index contributed by atoms with van der Waals surface area (Å²) in [7, 11) is -2.20. The lowest BCUT2D eigenvalue weighted by atomic mass is 10.1. The van der Waals surface area contributed by atoms with Crippen molar-refractivity contribution in [3.63, 3.8) is 0 Å². The fraction of sp³-hybridized carbons (Fsp3) is 0.231. The first kappa shape index (κ1) is 15.2.